The minimum Gasteiger partial charge on any atom is -0.443 e. The lowest BCUT2D eigenvalue weighted by molar-refractivity contribution is -0.141. The molecular weight excluding hydrogens is 325 g/mol. The third-order valence-corrected chi connectivity index (χ3v) is 3.26. The number of oxazole rings is 1. The van der Waals surface area contributed by atoms with Crippen LogP contribution in [0.3, 0.4) is 0 Å². The normalized spacial score (nSPS) is 12.8. The molecule has 3 aromatic heterocycles. The number of alkyl halides is 3. The monoisotopic (exact) mass is 340 g/mol. The Kier molecular flexibility index (Phi) is 3.69. The Morgan fingerprint density at radius 3 is 2.58 bits per heavy atom. The lowest BCUT2D eigenvalue weighted by Crippen LogP contribution is -2.13. The van der Waals surface area contributed by atoms with Crippen molar-refractivity contribution in [3.8, 4) is 0 Å². The van der Waals surface area contributed by atoms with E-state index < -0.39 is 11.9 Å². The van der Waals surface area contributed by atoms with Gasteiger partial charge in [-0.05, 0) is 0 Å². The molecule has 0 atom stereocenters. The molecule has 0 saturated carbocycles. The van der Waals surface area contributed by atoms with Gasteiger partial charge < -0.3 is 9.73 Å². The maximum absolute atomic E-state index is 12.9. The van der Waals surface area contributed by atoms with Crippen LogP contribution in [-0.2, 0) is 18.1 Å². The van der Waals surface area contributed by atoms with Gasteiger partial charge in [0.15, 0.2) is 5.69 Å². The third kappa shape index (κ3) is 3.17. The SMILES string of the molecule is CC(C)(C)c1cnc(CNc2cc(C(F)(F)F)nc3ncnn23)o1. The van der Waals surface area contributed by atoms with Crippen molar-refractivity contribution in [3.05, 3.63) is 35.9 Å². The van der Waals surface area contributed by atoms with Gasteiger partial charge in [0, 0.05) is 11.5 Å². The van der Waals surface area contributed by atoms with Gasteiger partial charge in [-0.2, -0.15) is 27.8 Å². The van der Waals surface area contributed by atoms with E-state index in [4.69, 9.17) is 4.42 Å². The number of hydrogen-bond acceptors (Lipinski definition) is 6. The zero-order valence-electron chi connectivity index (χ0n) is 13.2. The van der Waals surface area contributed by atoms with Crippen LogP contribution in [0.15, 0.2) is 23.0 Å². The minimum absolute atomic E-state index is 0.0975. The Hall–Kier alpha value is -2.65. The predicted molar refractivity (Wildman–Crippen MR) is 78.3 cm³/mol. The summed E-state index contributed by atoms with van der Waals surface area (Å²) in [5.41, 5.74) is -1.25. The molecule has 0 fully saturated rings. The lowest BCUT2D eigenvalue weighted by Gasteiger charge is -2.13. The van der Waals surface area contributed by atoms with Crippen LogP contribution in [0, 0.1) is 0 Å². The quantitative estimate of drug-likeness (QED) is 0.789. The summed E-state index contributed by atoms with van der Waals surface area (Å²) in [6.45, 7) is 6.03. The van der Waals surface area contributed by atoms with Crippen molar-refractivity contribution in [2.45, 2.75) is 38.9 Å². The number of rotatable bonds is 3. The zero-order chi connectivity index (χ0) is 17.5. The van der Waals surface area contributed by atoms with Crippen LogP contribution in [0.1, 0.15) is 38.1 Å². The molecule has 0 bridgehead atoms. The fraction of sp³-hybridized carbons (Fsp3) is 0.429. The summed E-state index contributed by atoms with van der Waals surface area (Å²) >= 11 is 0. The van der Waals surface area contributed by atoms with Crippen molar-refractivity contribution >= 4 is 11.6 Å². The molecule has 3 aromatic rings. The summed E-state index contributed by atoms with van der Waals surface area (Å²) in [6, 6.07) is 0.870. The molecule has 0 aliphatic carbocycles. The van der Waals surface area contributed by atoms with Crippen LogP contribution in [0.25, 0.3) is 5.78 Å². The van der Waals surface area contributed by atoms with E-state index in [2.05, 4.69) is 25.4 Å². The van der Waals surface area contributed by atoms with Gasteiger partial charge in [0.05, 0.1) is 12.7 Å². The van der Waals surface area contributed by atoms with Gasteiger partial charge in [-0.3, -0.25) is 0 Å². The van der Waals surface area contributed by atoms with Crippen molar-refractivity contribution in [3.63, 3.8) is 0 Å². The van der Waals surface area contributed by atoms with E-state index in [1.165, 1.54) is 4.52 Å². The minimum atomic E-state index is -4.58. The van der Waals surface area contributed by atoms with Gasteiger partial charge >= 0.3 is 6.18 Å². The van der Waals surface area contributed by atoms with Gasteiger partial charge in [0.25, 0.3) is 5.78 Å². The first-order valence-electron chi connectivity index (χ1n) is 7.11. The van der Waals surface area contributed by atoms with Gasteiger partial charge in [0.2, 0.25) is 5.89 Å². The highest BCUT2D eigenvalue weighted by atomic mass is 19.4. The number of hydrogen-bond donors (Lipinski definition) is 1. The second-order valence-electron chi connectivity index (χ2n) is 6.22. The van der Waals surface area contributed by atoms with Crippen molar-refractivity contribution in [2.24, 2.45) is 0 Å². The molecule has 7 nitrogen and oxygen atoms in total. The second kappa shape index (κ2) is 5.46. The molecule has 1 N–H and O–H groups in total. The third-order valence-electron chi connectivity index (χ3n) is 3.26. The van der Waals surface area contributed by atoms with Crippen molar-refractivity contribution in [1.82, 2.24) is 24.6 Å². The van der Waals surface area contributed by atoms with E-state index in [0.717, 1.165) is 12.4 Å². The Balaban J connectivity index is 1.87. The molecule has 0 saturated heterocycles. The van der Waals surface area contributed by atoms with Crippen LogP contribution in [0.4, 0.5) is 19.0 Å². The summed E-state index contributed by atoms with van der Waals surface area (Å²) in [7, 11) is 0. The Morgan fingerprint density at radius 2 is 1.96 bits per heavy atom. The van der Waals surface area contributed by atoms with Crippen LogP contribution in [0.2, 0.25) is 0 Å². The van der Waals surface area contributed by atoms with E-state index in [-0.39, 0.29) is 23.6 Å². The van der Waals surface area contributed by atoms with E-state index >= 15 is 0 Å². The molecule has 0 aliphatic heterocycles. The first kappa shape index (κ1) is 16.2. The Bertz CT molecular complexity index is 861. The smallest absolute Gasteiger partial charge is 0.433 e. The summed E-state index contributed by atoms with van der Waals surface area (Å²) in [5.74, 6) is 1.00. The Morgan fingerprint density at radius 1 is 1.21 bits per heavy atom. The number of nitrogens with zero attached hydrogens (tertiary/aromatic N) is 5. The summed E-state index contributed by atoms with van der Waals surface area (Å²) < 4.78 is 45.6. The highest BCUT2D eigenvalue weighted by molar-refractivity contribution is 5.45. The highest BCUT2D eigenvalue weighted by Crippen LogP contribution is 2.29. The number of anilines is 1. The zero-order valence-corrected chi connectivity index (χ0v) is 13.2. The fourth-order valence-electron chi connectivity index (χ4n) is 1.99. The molecule has 3 heterocycles. The molecule has 128 valence electrons. The first-order chi connectivity index (χ1) is 11.1. The summed E-state index contributed by atoms with van der Waals surface area (Å²) in [6.07, 6.45) is -1.83. The molecule has 0 spiro atoms. The van der Waals surface area contributed by atoms with E-state index in [1.807, 2.05) is 20.8 Å². The van der Waals surface area contributed by atoms with Crippen molar-refractivity contribution in [1.29, 1.82) is 0 Å². The summed E-state index contributed by atoms with van der Waals surface area (Å²) in [5, 5.41) is 6.69. The highest BCUT2D eigenvalue weighted by Gasteiger charge is 2.34. The fourth-order valence-corrected chi connectivity index (χ4v) is 1.99. The molecule has 24 heavy (non-hydrogen) atoms. The average molecular weight is 340 g/mol. The molecule has 0 aromatic carbocycles. The lowest BCUT2D eigenvalue weighted by atomic mass is 9.94. The van der Waals surface area contributed by atoms with E-state index in [1.54, 1.807) is 6.20 Å². The molecule has 0 aliphatic rings. The maximum atomic E-state index is 12.9. The average Bonchev–Trinajstić information content (AvgIpc) is 3.11. The number of fused-ring (bicyclic) bond motifs is 1. The van der Waals surface area contributed by atoms with Gasteiger partial charge in [0.1, 0.15) is 17.9 Å². The number of aromatic nitrogens is 5. The van der Waals surface area contributed by atoms with E-state index in [9.17, 15) is 13.2 Å². The second-order valence-corrected chi connectivity index (χ2v) is 6.22. The number of nitrogens with one attached hydrogen (secondary N) is 1. The molecule has 0 unspecified atom stereocenters. The van der Waals surface area contributed by atoms with Crippen LogP contribution >= 0.6 is 0 Å². The van der Waals surface area contributed by atoms with Gasteiger partial charge in [-0.25, -0.2) is 9.97 Å². The molecule has 3 rings (SSSR count). The van der Waals surface area contributed by atoms with Crippen LogP contribution in [0.5, 0.6) is 0 Å². The Labute approximate surface area is 134 Å². The summed E-state index contributed by atoms with van der Waals surface area (Å²) in [4.78, 5) is 11.3. The molecule has 0 amide bonds. The largest absolute Gasteiger partial charge is 0.443 e. The van der Waals surface area contributed by atoms with Crippen LogP contribution < -0.4 is 5.32 Å². The first-order valence-corrected chi connectivity index (χ1v) is 7.11. The molecular formula is C14H15F3N6O. The van der Waals surface area contributed by atoms with Gasteiger partial charge in [-0.1, -0.05) is 20.8 Å². The van der Waals surface area contributed by atoms with Gasteiger partial charge in [-0.15, -0.1) is 0 Å². The van der Waals surface area contributed by atoms with E-state index in [0.29, 0.717) is 11.7 Å². The van der Waals surface area contributed by atoms with Crippen molar-refractivity contribution < 1.29 is 17.6 Å². The topological polar surface area (TPSA) is 81.1 Å². The standard InChI is InChI=1S/C14H15F3N6O/c1-13(2,3)9-5-19-11(24-9)6-18-10-4-8(14(15,16)17)22-12-20-7-21-23(10)12/h4-5,7,18H,6H2,1-3H3. The number of halogens is 3. The predicted octanol–water partition coefficient (Wildman–Crippen LogP) is 3.04. The van der Waals surface area contributed by atoms with Crippen LogP contribution in [-0.4, -0.2) is 24.6 Å². The molecule has 0 radical (unpaired) electrons. The van der Waals surface area contributed by atoms with Crippen molar-refractivity contribution in [2.75, 3.05) is 5.32 Å². The molecule has 10 heteroatoms. The maximum Gasteiger partial charge on any atom is 0.433 e.